The number of ether oxygens (including phenoxy) is 1. The van der Waals surface area contributed by atoms with E-state index in [-0.39, 0.29) is 17.6 Å². The zero-order valence-electron chi connectivity index (χ0n) is 13.1. The van der Waals surface area contributed by atoms with Crippen molar-refractivity contribution >= 4 is 28.9 Å². The molecule has 1 fully saturated rings. The smallest absolute Gasteiger partial charge is 0.408 e. The minimum absolute atomic E-state index is 0.0561. The lowest BCUT2D eigenvalue weighted by Gasteiger charge is -2.31. The predicted octanol–water partition coefficient (Wildman–Crippen LogP) is 1.78. The molecule has 2 amide bonds. The molecule has 0 aliphatic carbocycles. The molecule has 0 atom stereocenters. The van der Waals surface area contributed by atoms with Crippen molar-refractivity contribution in [2.45, 2.75) is 51.4 Å². The van der Waals surface area contributed by atoms with Crippen LogP contribution >= 0.6 is 11.8 Å². The Bertz CT molecular complexity index is 398. The van der Waals surface area contributed by atoms with Crippen molar-refractivity contribution in [2.24, 2.45) is 0 Å². The van der Waals surface area contributed by atoms with E-state index in [0.717, 1.165) is 12.8 Å². The van der Waals surface area contributed by atoms with Crippen LogP contribution in [0.2, 0.25) is 0 Å². The fourth-order valence-electron chi connectivity index (χ4n) is 2.03. The summed E-state index contributed by atoms with van der Waals surface area (Å²) in [6.45, 7) is 8.07. The summed E-state index contributed by atoms with van der Waals surface area (Å²) in [4.78, 5) is 36.2. The van der Waals surface area contributed by atoms with E-state index in [4.69, 9.17) is 4.74 Å². The Kier molecular flexibility index (Phi) is 6.51. The molecular weight excluding hydrogens is 292 g/mol. The first kappa shape index (κ1) is 17.8. The molecule has 120 valence electrons. The summed E-state index contributed by atoms with van der Waals surface area (Å²) in [5, 5.41) is 2.88. The van der Waals surface area contributed by atoms with Gasteiger partial charge >= 0.3 is 6.09 Å². The van der Waals surface area contributed by atoms with Gasteiger partial charge in [-0.25, -0.2) is 4.79 Å². The Balaban J connectivity index is 2.28. The molecule has 0 unspecified atom stereocenters. The van der Waals surface area contributed by atoms with E-state index in [1.807, 2.05) is 0 Å². The van der Waals surface area contributed by atoms with Crippen LogP contribution in [0.15, 0.2) is 0 Å². The van der Waals surface area contributed by atoms with Crippen LogP contribution in [0.4, 0.5) is 4.79 Å². The van der Waals surface area contributed by atoms with Crippen LogP contribution in [0.1, 0.15) is 40.5 Å². The number of alkyl carbamates (subject to hydrolysis) is 1. The quantitative estimate of drug-likeness (QED) is 0.859. The lowest BCUT2D eigenvalue weighted by Crippen LogP contribution is -2.45. The Labute approximate surface area is 130 Å². The molecule has 0 aromatic rings. The number of thioether (sulfide) groups is 1. The molecule has 0 bridgehead atoms. The van der Waals surface area contributed by atoms with Gasteiger partial charge in [0.2, 0.25) is 5.91 Å². The first-order valence-electron chi connectivity index (χ1n) is 7.09. The first-order chi connectivity index (χ1) is 9.67. The zero-order chi connectivity index (χ0) is 16.0. The molecule has 1 saturated heterocycles. The van der Waals surface area contributed by atoms with Crippen molar-refractivity contribution in [1.29, 1.82) is 0 Å². The standard InChI is InChI=1S/C14H24N2O4S/c1-10(17)21-11-5-7-16(8-6-11)12(18)9-15-13(19)20-14(2,3)4/h11H,5-9H2,1-4H3,(H,15,19). The van der Waals surface area contributed by atoms with Gasteiger partial charge in [0, 0.05) is 25.3 Å². The second kappa shape index (κ2) is 7.68. The number of carbonyl (C=O) groups excluding carboxylic acids is 3. The number of hydrogen-bond donors (Lipinski definition) is 1. The molecule has 6 nitrogen and oxygen atoms in total. The number of nitrogens with zero attached hydrogens (tertiary/aromatic N) is 1. The topological polar surface area (TPSA) is 75.7 Å². The van der Waals surface area contributed by atoms with Gasteiger partial charge in [0.1, 0.15) is 12.1 Å². The number of rotatable bonds is 3. The monoisotopic (exact) mass is 316 g/mol. The molecule has 1 aliphatic rings. The van der Waals surface area contributed by atoms with Gasteiger partial charge in [0.15, 0.2) is 5.12 Å². The minimum Gasteiger partial charge on any atom is -0.444 e. The highest BCUT2D eigenvalue weighted by Gasteiger charge is 2.24. The van der Waals surface area contributed by atoms with Gasteiger partial charge in [-0.1, -0.05) is 11.8 Å². The predicted molar refractivity (Wildman–Crippen MR) is 82.1 cm³/mol. The highest BCUT2D eigenvalue weighted by atomic mass is 32.2. The van der Waals surface area contributed by atoms with Gasteiger partial charge in [-0.15, -0.1) is 0 Å². The number of amides is 2. The van der Waals surface area contributed by atoms with Crippen molar-refractivity contribution in [3.8, 4) is 0 Å². The number of carbonyl (C=O) groups is 3. The summed E-state index contributed by atoms with van der Waals surface area (Å²) in [5.41, 5.74) is -0.574. The third kappa shape index (κ3) is 7.36. The van der Waals surface area contributed by atoms with E-state index in [0.29, 0.717) is 18.3 Å². The Morgan fingerprint density at radius 3 is 2.29 bits per heavy atom. The normalized spacial score (nSPS) is 16.5. The Morgan fingerprint density at radius 1 is 1.24 bits per heavy atom. The van der Waals surface area contributed by atoms with Gasteiger partial charge in [-0.3, -0.25) is 9.59 Å². The lowest BCUT2D eigenvalue weighted by atomic mass is 10.1. The fraction of sp³-hybridized carbons (Fsp3) is 0.786. The van der Waals surface area contributed by atoms with Crippen molar-refractivity contribution in [1.82, 2.24) is 10.2 Å². The Hall–Kier alpha value is -1.24. The van der Waals surface area contributed by atoms with Crippen LogP contribution in [0.5, 0.6) is 0 Å². The minimum atomic E-state index is -0.585. The summed E-state index contributed by atoms with van der Waals surface area (Å²) in [7, 11) is 0. The Morgan fingerprint density at radius 2 is 1.81 bits per heavy atom. The molecular formula is C14H24N2O4S. The third-order valence-electron chi connectivity index (χ3n) is 2.91. The second-order valence-electron chi connectivity index (χ2n) is 6.05. The average molecular weight is 316 g/mol. The molecule has 7 heteroatoms. The van der Waals surface area contributed by atoms with Crippen LogP contribution in [0, 0.1) is 0 Å². The molecule has 0 radical (unpaired) electrons. The van der Waals surface area contributed by atoms with Gasteiger partial charge in [0.25, 0.3) is 0 Å². The molecule has 0 aromatic heterocycles. The van der Waals surface area contributed by atoms with Crippen molar-refractivity contribution in [2.75, 3.05) is 19.6 Å². The first-order valence-corrected chi connectivity index (χ1v) is 7.97. The van der Waals surface area contributed by atoms with Crippen LogP contribution in [-0.4, -0.2) is 52.5 Å². The number of piperidine rings is 1. The molecule has 0 aromatic carbocycles. The largest absolute Gasteiger partial charge is 0.444 e. The number of nitrogens with one attached hydrogen (secondary N) is 1. The maximum atomic E-state index is 12.0. The van der Waals surface area contributed by atoms with E-state index < -0.39 is 11.7 Å². The molecule has 21 heavy (non-hydrogen) atoms. The summed E-state index contributed by atoms with van der Waals surface area (Å²) >= 11 is 1.35. The maximum absolute atomic E-state index is 12.0. The van der Waals surface area contributed by atoms with E-state index >= 15 is 0 Å². The van der Waals surface area contributed by atoms with Gasteiger partial charge < -0.3 is 15.0 Å². The van der Waals surface area contributed by atoms with Crippen molar-refractivity contribution in [3.63, 3.8) is 0 Å². The highest BCUT2D eigenvalue weighted by Crippen LogP contribution is 2.23. The van der Waals surface area contributed by atoms with E-state index in [1.165, 1.54) is 11.8 Å². The van der Waals surface area contributed by atoms with Gasteiger partial charge in [-0.05, 0) is 33.6 Å². The number of likely N-dealkylation sites (tertiary alicyclic amines) is 1. The molecule has 0 saturated carbocycles. The average Bonchev–Trinajstić information content (AvgIpc) is 2.34. The highest BCUT2D eigenvalue weighted by molar-refractivity contribution is 8.14. The SMILES string of the molecule is CC(=O)SC1CCN(C(=O)CNC(=O)OC(C)(C)C)CC1. The zero-order valence-corrected chi connectivity index (χ0v) is 13.9. The molecule has 1 rings (SSSR count). The van der Waals surface area contributed by atoms with Crippen LogP contribution in [-0.2, 0) is 14.3 Å². The summed E-state index contributed by atoms with van der Waals surface area (Å²) < 4.78 is 5.07. The lowest BCUT2D eigenvalue weighted by molar-refractivity contribution is -0.131. The van der Waals surface area contributed by atoms with Crippen molar-refractivity contribution in [3.05, 3.63) is 0 Å². The maximum Gasteiger partial charge on any atom is 0.408 e. The summed E-state index contributed by atoms with van der Waals surface area (Å²) in [6.07, 6.45) is 1.03. The van der Waals surface area contributed by atoms with Crippen LogP contribution < -0.4 is 5.32 Å². The fourth-order valence-corrected chi connectivity index (χ4v) is 2.95. The molecule has 1 aliphatic heterocycles. The van der Waals surface area contributed by atoms with Crippen molar-refractivity contribution < 1.29 is 19.1 Å². The third-order valence-corrected chi connectivity index (χ3v) is 4.05. The molecule has 1 N–H and O–H groups in total. The number of hydrogen-bond acceptors (Lipinski definition) is 5. The van der Waals surface area contributed by atoms with Gasteiger partial charge in [0.05, 0.1) is 0 Å². The van der Waals surface area contributed by atoms with Crippen LogP contribution in [0.3, 0.4) is 0 Å². The summed E-state index contributed by atoms with van der Waals surface area (Å²) in [6, 6.07) is 0. The molecule has 1 heterocycles. The molecule has 0 spiro atoms. The second-order valence-corrected chi connectivity index (χ2v) is 7.52. The van der Waals surface area contributed by atoms with Crippen LogP contribution in [0.25, 0.3) is 0 Å². The van der Waals surface area contributed by atoms with E-state index in [2.05, 4.69) is 5.32 Å². The van der Waals surface area contributed by atoms with E-state index in [9.17, 15) is 14.4 Å². The summed E-state index contributed by atoms with van der Waals surface area (Å²) in [5.74, 6) is -0.118. The van der Waals surface area contributed by atoms with Gasteiger partial charge in [-0.2, -0.15) is 0 Å². The van der Waals surface area contributed by atoms with E-state index in [1.54, 1.807) is 32.6 Å².